The van der Waals surface area contributed by atoms with Crippen molar-refractivity contribution in [1.29, 1.82) is 0 Å². The van der Waals surface area contributed by atoms with Gasteiger partial charge >= 0.3 is 12.6 Å². The summed E-state index contributed by atoms with van der Waals surface area (Å²) >= 11 is 0. The third-order valence-corrected chi connectivity index (χ3v) is 7.03. The first-order valence-corrected chi connectivity index (χ1v) is 12.4. The molecule has 0 unspecified atom stereocenters. The molecule has 2 aromatic rings. The van der Waals surface area contributed by atoms with Gasteiger partial charge in [-0.1, -0.05) is 44.5 Å². The Morgan fingerprint density at radius 1 is 1.14 bits per heavy atom. The zero-order chi connectivity index (χ0) is 26.7. The van der Waals surface area contributed by atoms with Gasteiger partial charge in [-0.15, -0.1) is 0 Å². The van der Waals surface area contributed by atoms with Gasteiger partial charge in [-0.3, -0.25) is 14.4 Å². The lowest BCUT2D eigenvalue weighted by atomic mass is 9.69. The molecule has 0 radical (unpaired) electrons. The Balaban J connectivity index is 1.57. The molecule has 1 saturated heterocycles. The van der Waals surface area contributed by atoms with Gasteiger partial charge < -0.3 is 19.7 Å². The predicted octanol–water partition coefficient (Wildman–Crippen LogP) is 4.18. The number of benzene rings is 1. The highest BCUT2D eigenvalue weighted by Crippen LogP contribution is 2.40. The Kier molecular flexibility index (Phi) is 7.75. The Bertz CT molecular complexity index is 1180. The van der Waals surface area contributed by atoms with Crippen LogP contribution in [0.5, 0.6) is 5.88 Å². The fraction of sp³-hybridized carbons (Fsp3) is 0.481. The van der Waals surface area contributed by atoms with E-state index in [4.69, 9.17) is 4.74 Å². The van der Waals surface area contributed by atoms with Crippen molar-refractivity contribution in [2.45, 2.75) is 58.0 Å². The number of halogens is 2. The average Bonchev–Trinajstić information content (AvgIpc) is 2.77. The molecule has 1 aromatic heterocycles. The maximum absolute atomic E-state index is 13.8. The quantitative estimate of drug-likeness (QED) is 0.504. The van der Waals surface area contributed by atoms with Crippen LogP contribution in [0.25, 0.3) is 0 Å². The molecule has 10 heteroatoms. The number of alkyl halides is 2. The van der Waals surface area contributed by atoms with Crippen LogP contribution in [0.3, 0.4) is 0 Å². The normalized spacial score (nSPS) is 16.7. The molecule has 2 aliphatic rings. The Hall–Kier alpha value is -3.56. The topological polar surface area (TPSA) is 97.8 Å². The summed E-state index contributed by atoms with van der Waals surface area (Å²) in [4.78, 5) is 44.1. The van der Waals surface area contributed by atoms with Gasteiger partial charge in [0.2, 0.25) is 11.8 Å². The second-order valence-corrected chi connectivity index (χ2v) is 9.95. The van der Waals surface area contributed by atoms with Gasteiger partial charge in [0.05, 0.1) is 5.92 Å². The molecule has 0 atom stereocenters. The first-order valence-electron chi connectivity index (χ1n) is 12.4. The highest BCUT2D eigenvalue weighted by molar-refractivity contribution is 6.02. The second kappa shape index (κ2) is 10.8. The van der Waals surface area contributed by atoms with Crippen LogP contribution in [0.15, 0.2) is 36.4 Å². The molecule has 198 valence electrons. The summed E-state index contributed by atoms with van der Waals surface area (Å²) in [7, 11) is 0. The van der Waals surface area contributed by atoms with Crippen molar-refractivity contribution in [1.82, 2.24) is 9.88 Å². The number of likely N-dealkylation sites (tertiary alicyclic amines) is 1. The van der Waals surface area contributed by atoms with Gasteiger partial charge in [0.25, 0.3) is 5.91 Å². The number of amides is 2. The largest absolute Gasteiger partial charge is 0.455 e. The average molecular weight is 516 g/mol. The van der Waals surface area contributed by atoms with E-state index >= 15 is 0 Å². The zero-order valence-electron chi connectivity index (χ0n) is 21.1. The summed E-state index contributed by atoms with van der Waals surface area (Å²) in [5.41, 5.74) is 1.00. The van der Waals surface area contributed by atoms with Crippen molar-refractivity contribution >= 4 is 23.5 Å². The standard InChI is InChI=1S/C27H31F2N3O5/c1-16(2)19-9-4-5-10-20(19)27(14-32(15-27)22(33)13-36-24(34)18-7-6-8-18)25(35)31-21-12-11-17(3)30-23(21)37-26(28)29/h4-5,9-12,16,18,26H,6-8,13-15H2,1-3H3,(H,31,35). The molecule has 8 nitrogen and oxygen atoms in total. The van der Waals surface area contributed by atoms with Gasteiger partial charge in [-0.25, -0.2) is 4.98 Å². The van der Waals surface area contributed by atoms with Crippen LogP contribution in [0.4, 0.5) is 14.5 Å². The van der Waals surface area contributed by atoms with Crippen LogP contribution >= 0.6 is 0 Å². The minimum atomic E-state index is -3.11. The molecule has 0 bridgehead atoms. The molecule has 4 rings (SSSR count). The van der Waals surface area contributed by atoms with Crippen molar-refractivity contribution < 1.29 is 32.6 Å². The number of nitrogens with zero attached hydrogens (tertiary/aromatic N) is 2. The van der Waals surface area contributed by atoms with E-state index < -0.39 is 23.8 Å². The van der Waals surface area contributed by atoms with Crippen molar-refractivity contribution in [3.63, 3.8) is 0 Å². The number of rotatable bonds is 9. The number of nitrogens with one attached hydrogen (secondary N) is 1. The van der Waals surface area contributed by atoms with Gasteiger partial charge in [0, 0.05) is 18.8 Å². The third-order valence-electron chi connectivity index (χ3n) is 7.03. The molecule has 1 aliphatic heterocycles. The van der Waals surface area contributed by atoms with E-state index in [2.05, 4.69) is 15.0 Å². The van der Waals surface area contributed by atoms with Crippen molar-refractivity contribution in [3.05, 3.63) is 53.2 Å². The van der Waals surface area contributed by atoms with Crippen LogP contribution < -0.4 is 10.1 Å². The van der Waals surface area contributed by atoms with Gasteiger partial charge in [-0.05, 0) is 48.9 Å². The number of anilines is 1. The highest BCUT2D eigenvalue weighted by Gasteiger charge is 2.53. The molecule has 1 N–H and O–H groups in total. The lowest BCUT2D eigenvalue weighted by Gasteiger charge is -2.49. The smallest absolute Gasteiger partial charge is 0.388 e. The lowest BCUT2D eigenvalue weighted by Crippen LogP contribution is -2.67. The molecule has 2 heterocycles. The number of carbonyl (C=O) groups excluding carboxylic acids is 3. The first-order chi connectivity index (χ1) is 17.6. The molecular weight excluding hydrogens is 484 g/mol. The lowest BCUT2D eigenvalue weighted by molar-refractivity contribution is -0.161. The minimum absolute atomic E-state index is 0.0107. The van der Waals surface area contributed by atoms with Crippen molar-refractivity contribution in [2.24, 2.45) is 5.92 Å². The molecule has 37 heavy (non-hydrogen) atoms. The van der Waals surface area contributed by atoms with E-state index in [-0.39, 0.29) is 49.1 Å². The maximum Gasteiger partial charge on any atom is 0.388 e. The molecule has 1 aromatic carbocycles. The Labute approximate surface area is 214 Å². The highest BCUT2D eigenvalue weighted by atomic mass is 19.3. The van der Waals surface area contributed by atoms with E-state index in [1.165, 1.54) is 11.0 Å². The predicted molar refractivity (Wildman–Crippen MR) is 131 cm³/mol. The monoisotopic (exact) mass is 515 g/mol. The fourth-order valence-electron chi connectivity index (χ4n) is 4.68. The van der Waals surface area contributed by atoms with Gasteiger partial charge in [0.15, 0.2) is 6.61 Å². The van der Waals surface area contributed by atoms with Crippen LogP contribution in [0, 0.1) is 12.8 Å². The van der Waals surface area contributed by atoms with E-state index in [0.717, 1.165) is 30.4 Å². The van der Waals surface area contributed by atoms with Crippen LogP contribution in [-0.2, 0) is 24.5 Å². The van der Waals surface area contributed by atoms with E-state index in [0.29, 0.717) is 5.69 Å². The van der Waals surface area contributed by atoms with E-state index in [1.807, 2.05) is 38.1 Å². The molecule has 2 amide bonds. The number of aromatic nitrogens is 1. The Morgan fingerprint density at radius 3 is 2.46 bits per heavy atom. The van der Waals surface area contributed by atoms with Crippen LogP contribution in [-0.4, -0.2) is 54.0 Å². The molecule has 0 spiro atoms. The summed E-state index contributed by atoms with van der Waals surface area (Å²) in [5, 5.41) is 2.71. The van der Waals surface area contributed by atoms with Crippen molar-refractivity contribution in [2.75, 3.05) is 25.0 Å². The maximum atomic E-state index is 13.8. The summed E-state index contributed by atoms with van der Waals surface area (Å²) in [6.07, 6.45) is 2.53. The van der Waals surface area contributed by atoms with E-state index in [9.17, 15) is 23.2 Å². The fourth-order valence-corrected chi connectivity index (χ4v) is 4.68. The van der Waals surface area contributed by atoms with Crippen molar-refractivity contribution in [3.8, 4) is 5.88 Å². The third kappa shape index (κ3) is 5.57. The number of esters is 1. The Morgan fingerprint density at radius 2 is 1.84 bits per heavy atom. The van der Waals surface area contributed by atoms with Crippen LogP contribution in [0.1, 0.15) is 55.8 Å². The van der Waals surface area contributed by atoms with Gasteiger partial charge in [-0.2, -0.15) is 8.78 Å². The molecule has 1 aliphatic carbocycles. The van der Waals surface area contributed by atoms with E-state index in [1.54, 1.807) is 13.0 Å². The number of aryl methyl sites for hydroxylation is 1. The second-order valence-electron chi connectivity index (χ2n) is 9.95. The minimum Gasteiger partial charge on any atom is -0.455 e. The molecule has 2 fully saturated rings. The van der Waals surface area contributed by atoms with Crippen LogP contribution in [0.2, 0.25) is 0 Å². The molecular formula is C27H31F2N3O5. The zero-order valence-corrected chi connectivity index (χ0v) is 21.1. The summed E-state index contributed by atoms with van der Waals surface area (Å²) < 4.78 is 35.7. The number of pyridine rings is 1. The molecule has 1 saturated carbocycles. The summed E-state index contributed by atoms with van der Waals surface area (Å²) in [6, 6.07) is 10.5. The summed E-state index contributed by atoms with van der Waals surface area (Å²) in [5.74, 6) is -1.66. The number of hydrogen-bond acceptors (Lipinski definition) is 6. The number of carbonyl (C=O) groups is 3. The number of hydrogen-bond donors (Lipinski definition) is 1. The first kappa shape index (κ1) is 26.5. The summed E-state index contributed by atoms with van der Waals surface area (Å²) in [6.45, 7) is 2.24. The number of ether oxygens (including phenoxy) is 2. The van der Waals surface area contributed by atoms with Gasteiger partial charge in [0.1, 0.15) is 11.1 Å². The SMILES string of the molecule is Cc1ccc(NC(=O)C2(c3ccccc3C(C)C)CN(C(=O)COC(=O)C3CCC3)C2)c(OC(F)F)n1.